The lowest BCUT2D eigenvalue weighted by Crippen LogP contribution is -2.37. The van der Waals surface area contributed by atoms with E-state index in [9.17, 15) is 9.59 Å². The van der Waals surface area contributed by atoms with Crippen molar-refractivity contribution in [3.63, 3.8) is 0 Å². The van der Waals surface area contributed by atoms with E-state index in [2.05, 4.69) is 34.4 Å². The normalized spacial score (nSPS) is 11.0. The molecule has 0 aromatic carbocycles. The van der Waals surface area contributed by atoms with E-state index in [1.54, 1.807) is 0 Å². The van der Waals surface area contributed by atoms with E-state index in [4.69, 9.17) is 5.11 Å². The summed E-state index contributed by atoms with van der Waals surface area (Å²) in [5.74, 6) is -1.38. The molecule has 0 radical (unpaired) electrons. The fourth-order valence-corrected chi connectivity index (χ4v) is 1.31. The number of carbonyl (C=O) groups excluding carboxylic acids is 1. The second-order valence-electron chi connectivity index (χ2n) is 4.53. The van der Waals surface area contributed by atoms with E-state index >= 15 is 0 Å². The zero-order valence-electron chi connectivity index (χ0n) is 11.3. The van der Waals surface area contributed by atoms with Crippen molar-refractivity contribution in [2.45, 2.75) is 26.4 Å². The summed E-state index contributed by atoms with van der Waals surface area (Å²) in [5, 5.41) is 18.4. The fourth-order valence-electron chi connectivity index (χ4n) is 1.31. The molecule has 1 heterocycles. The van der Waals surface area contributed by atoms with Crippen molar-refractivity contribution in [1.29, 1.82) is 0 Å². The second kappa shape index (κ2) is 6.83. The van der Waals surface area contributed by atoms with E-state index in [0.717, 1.165) is 6.54 Å². The molecule has 0 saturated heterocycles. The first-order valence-electron chi connectivity index (χ1n) is 6.00. The van der Waals surface area contributed by atoms with Crippen LogP contribution >= 0.6 is 0 Å². The van der Waals surface area contributed by atoms with Crippen LogP contribution in [0.5, 0.6) is 0 Å². The van der Waals surface area contributed by atoms with Gasteiger partial charge in [0.15, 0.2) is 5.69 Å². The van der Waals surface area contributed by atoms with Gasteiger partial charge in [-0.15, -0.1) is 5.10 Å². The van der Waals surface area contributed by atoms with Gasteiger partial charge in [0, 0.05) is 19.1 Å². The lowest BCUT2D eigenvalue weighted by atomic mass is 10.3. The Hall–Kier alpha value is -1.96. The number of rotatable bonds is 7. The number of carbonyl (C=O) groups is 2. The van der Waals surface area contributed by atoms with Crippen molar-refractivity contribution < 1.29 is 14.7 Å². The molecular formula is C11H19N5O3. The molecule has 1 rings (SSSR count). The zero-order chi connectivity index (χ0) is 14.4. The topological polar surface area (TPSA) is 100 Å². The minimum Gasteiger partial charge on any atom is -0.476 e. The Bertz CT molecular complexity index is 443. The summed E-state index contributed by atoms with van der Waals surface area (Å²) in [4.78, 5) is 24.3. The van der Waals surface area contributed by atoms with Crippen molar-refractivity contribution >= 4 is 11.9 Å². The minimum atomic E-state index is -1.16. The molecule has 0 unspecified atom stereocenters. The maximum Gasteiger partial charge on any atom is 0.358 e. The second-order valence-corrected chi connectivity index (χ2v) is 4.53. The van der Waals surface area contributed by atoms with Gasteiger partial charge in [-0.2, -0.15) is 0 Å². The third kappa shape index (κ3) is 5.04. The van der Waals surface area contributed by atoms with Gasteiger partial charge >= 0.3 is 5.97 Å². The van der Waals surface area contributed by atoms with Crippen molar-refractivity contribution in [1.82, 2.24) is 25.2 Å². The summed E-state index contributed by atoms with van der Waals surface area (Å²) in [6.07, 6.45) is 1.22. The number of carboxylic acids is 1. The number of carboxylic acid groups (broad SMARTS) is 1. The maximum atomic E-state index is 11.6. The molecule has 0 atom stereocenters. The Kier molecular flexibility index (Phi) is 5.43. The summed E-state index contributed by atoms with van der Waals surface area (Å²) in [7, 11) is 1.98. The summed E-state index contributed by atoms with van der Waals surface area (Å²) in [6, 6.07) is 0.422. The van der Waals surface area contributed by atoms with E-state index in [0.29, 0.717) is 12.6 Å². The van der Waals surface area contributed by atoms with Crippen LogP contribution in [0.3, 0.4) is 0 Å². The molecular weight excluding hydrogens is 250 g/mol. The molecule has 0 aliphatic rings. The summed E-state index contributed by atoms with van der Waals surface area (Å²) < 4.78 is 1.20. The maximum absolute atomic E-state index is 11.6. The van der Waals surface area contributed by atoms with Crippen LogP contribution in [0.2, 0.25) is 0 Å². The molecule has 0 aliphatic heterocycles. The van der Waals surface area contributed by atoms with Gasteiger partial charge in [0.2, 0.25) is 5.91 Å². The Labute approximate surface area is 111 Å². The van der Waals surface area contributed by atoms with Gasteiger partial charge in [0.25, 0.3) is 0 Å². The number of hydrogen-bond acceptors (Lipinski definition) is 5. The van der Waals surface area contributed by atoms with Gasteiger partial charge in [-0.3, -0.25) is 4.79 Å². The molecule has 0 fully saturated rings. The molecule has 1 amide bonds. The molecule has 8 nitrogen and oxygen atoms in total. The summed E-state index contributed by atoms with van der Waals surface area (Å²) in [6.45, 7) is 5.40. The molecule has 1 aromatic heterocycles. The van der Waals surface area contributed by atoms with E-state index in [1.165, 1.54) is 10.9 Å². The molecule has 8 heteroatoms. The number of aromatic nitrogens is 3. The standard InChI is InChI=1S/C11H19N5O3/c1-8(2)15(3)5-4-12-10(17)7-16-6-9(11(18)19)13-14-16/h6,8H,4-5,7H2,1-3H3,(H,12,17)(H,18,19). The highest BCUT2D eigenvalue weighted by Gasteiger charge is 2.10. The molecule has 19 heavy (non-hydrogen) atoms. The summed E-state index contributed by atoms with van der Waals surface area (Å²) in [5.41, 5.74) is -0.174. The Balaban J connectivity index is 2.32. The SMILES string of the molecule is CC(C)N(C)CCNC(=O)Cn1cc(C(=O)O)nn1. The first-order chi connectivity index (χ1) is 8.90. The van der Waals surface area contributed by atoms with Gasteiger partial charge in [0.1, 0.15) is 6.54 Å². The number of amides is 1. The van der Waals surface area contributed by atoms with Crippen LogP contribution in [0.15, 0.2) is 6.20 Å². The molecule has 0 bridgehead atoms. The number of likely N-dealkylation sites (N-methyl/N-ethyl adjacent to an activating group) is 1. The van der Waals surface area contributed by atoms with Crippen LogP contribution < -0.4 is 5.32 Å². The van der Waals surface area contributed by atoms with Crippen LogP contribution in [0.4, 0.5) is 0 Å². The van der Waals surface area contributed by atoms with Crippen LogP contribution in [0.1, 0.15) is 24.3 Å². The molecule has 2 N–H and O–H groups in total. The van der Waals surface area contributed by atoms with Crippen LogP contribution in [0, 0.1) is 0 Å². The number of aromatic carboxylic acids is 1. The van der Waals surface area contributed by atoms with E-state index in [-0.39, 0.29) is 18.1 Å². The smallest absolute Gasteiger partial charge is 0.358 e. The molecule has 0 saturated carbocycles. The zero-order valence-corrected chi connectivity index (χ0v) is 11.3. The average Bonchev–Trinajstić information content (AvgIpc) is 2.77. The largest absolute Gasteiger partial charge is 0.476 e. The monoisotopic (exact) mass is 269 g/mol. The first kappa shape index (κ1) is 15.1. The fraction of sp³-hybridized carbons (Fsp3) is 0.636. The van der Waals surface area contributed by atoms with Crippen molar-refractivity contribution in [3.05, 3.63) is 11.9 Å². The Morgan fingerprint density at radius 1 is 1.53 bits per heavy atom. The average molecular weight is 269 g/mol. The Morgan fingerprint density at radius 3 is 2.74 bits per heavy atom. The van der Waals surface area contributed by atoms with Gasteiger partial charge in [0.05, 0.1) is 6.20 Å². The molecule has 1 aromatic rings. The van der Waals surface area contributed by atoms with Gasteiger partial charge in [-0.05, 0) is 20.9 Å². The first-order valence-corrected chi connectivity index (χ1v) is 6.00. The predicted molar refractivity (Wildman–Crippen MR) is 67.8 cm³/mol. The van der Waals surface area contributed by atoms with Crippen LogP contribution in [-0.2, 0) is 11.3 Å². The van der Waals surface area contributed by atoms with Crippen LogP contribution in [-0.4, -0.2) is 63.1 Å². The van der Waals surface area contributed by atoms with Crippen LogP contribution in [0.25, 0.3) is 0 Å². The lowest BCUT2D eigenvalue weighted by Gasteiger charge is -2.20. The highest BCUT2D eigenvalue weighted by atomic mass is 16.4. The van der Waals surface area contributed by atoms with Gasteiger partial charge in [-0.1, -0.05) is 5.21 Å². The predicted octanol–water partition coefficient (Wildman–Crippen LogP) is -0.567. The van der Waals surface area contributed by atoms with E-state index in [1.807, 2.05) is 7.05 Å². The third-order valence-electron chi connectivity index (χ3n) is 2.73. The van der Waals surface area contributed by atoms with Gasteiger partial charge < -0.3 is 15.3 Å². The Morgan fingerprint density at radius 2 is 2.21 bits per heavy atom. The number of nitrogens with one attached hydrogen (secondary N) is 1. The van der Waals surface area contributed by atoms with Crippen molar-refractivity contribution in [2.75, 3.05) is 20.1 Å². The summed E-state index contributed by atoms with van der Waals surface area (Å²) >= 11 is 0. The number of hydrogen-bond donors (Lipinski definition) is 2. The van der Waals surface area contributed by atoms with E-state index < -0.39 is 5.97 Å². The minimum absolute atomic E-state index is 0.0360. The van der Waals surface area contributed by atoms with Gasteiger partial charge in [-0.25, -0.2) is 9.48 Å². The molecule has 0 aliphatic carbocycles. The highest BCUT2D eigenvalue weighted by Crippen LogP contribution is 1.93. The molecule has 0 spiro atoms. The number of nitrogens with zero attached hydrogens (tertiary/aromatic N) is 4. The van der Waals surface area contributed by atoms with Crippen molar-refractivity contribution in [2.24, 2.45) is 0 Å². The highest BCUT2D eigenvalue weighted by molar-refractivity contribution is 5.84. The van der Waals surface area contributed by atoms with Crippen molar-refractivity contribution in [3.8, 4) is 0 Å². The third-order valence-corrected chi connectivity index (χ3v) is 2.73. The quantitative estimate of drug-likeness (QED) is 0.687. The lowest BCUT2D eigenvalue weighted by molar-refractivity contribution is -0.121. The molecule has 106 valence electrons.